The number of nitrogens with one attached hydrogen (secondary N) is 1. The highest BCUT2D eigenvalue weighted by molar-refractivity contribution is 9.10. The van der Waals surface area contributed by atoms with Crippen molar-refractivity contribution in [1.29, 1.82) is 5.26 Å². The van der Waals surface area contributed by atoms with E-state index in [0.717, 1.165) is 0 Å². The summed E-state index contributed by atoms with van der Waals surface area (Å²) in [6, 6.07) is 1.84. The van der Waals surface area contributed by atoms with Gasteiger partial charge < -0.3 is 5.32 Å². The quantitative estimate of drug-likeness (QED) is 0.673. The van der Waals surface area contributed by atoms with Crippen LogP contribution in [0.2, 0.25) is 0 Å². The van der Waals surface area contributed by atoms with Crippen molar-refractivity contribution < 1.29 is 18.0 Å². The lowest BCUT2D eigenvalue weighted by Gasteiger charge is -2.08. The van der Waals surface area contributed by atoms with E-state index in [1.165, 1.54) is 6.07 Å². The first-order chi connectivity index (χ1) is 7.47. The molecule has 0 spiro atoms. The van der Waals surface area contributed by atoms with Crippen molar-refractivity contribution in [2.45, 2.75) is 6.42 Å². The van der Waals surface area contributed by atoms with Crippen LogP contribution in [0.15, 0.2) is 10.5 Å². The summed E-state index contributed by atoms with van der Waals surface area (Å²) in [5.74, 6) is -4.62. The fraction of sp³-hybridized carbons (Fsp3) is 0.111. The second-order valence-electron chi connectivity index (χ2n) is 2.73. The Bertz CT molecular complexity index is 485. The molecule has 0 unspecified atom stereocenters. The smallest absolute Gasteiger partial charge is 0.238 e. The number of carbonyl (C=O) groups excluding carboxylic acids is 1. The van der Waals surface area contributed by atoms with Crippen LogP contribution in [-0.4, -0.2) is 5.91 Å². The minimum absolute atomic E-state index is 0.308. The molecule has 0 heterocycles. The van der Waals surface area contributed by atoms with Crippen LogP contribution in [-0.2, 0) is 4.79 Å². The van der Waals surface area contributed by atoms with Crippen molar-refractivity contribution in [1.82, 2.24) is 0 Å². The van der Waals surface area contributed by atoms with Crippen LogP contribution in [0.1, 0.15) is 6.42 Å². The first-order valence-corrected chi connectivity index (χ1v) is 4.76. The van der Waals surface area contributed by atoms with Gasteiger partial charge in [0.15, 0.2) is 17.5 Å². The number of anilines is 1. The van der Waals surface area contributed by atoms with Crippen molar-refractivity contribution in [2.24, 2.45) is 0 Å². The van der Waals surface area contributed by atoms with Gasteiger partial charge in [0, 0.05) is 6.07 Å². The summed E-state index contributed by atoms with van der Waals surface area (Å²) in [6.45, 7) is 0. The molecule has 0 bridgehead atoms. The molecule has 84 valence electrons. The molecule has 0 saturated carbocycles. The zero-order valence-electron chi connectivity index (χ0n) is 7.65. The summed E-state index contributed by atoms with van der Waals surface area (Å²) in [6.07, 6.45) is -0.509. The third kappa shape index (κ3) is 2.52. The predicted octanol–water partition coefficient (Wildman–Crippen LogP) is 2.72. The van der Waals surface area contributed by atoms with E-state index in [1.54, 1.807) is 0 Å². The normalized spacial score (nSPS) is 9.69. The first-order valence-electron chi connectivity index (χ1n) is 3.97. The van der Waals surface area contributed by atoms with E-state index in [2.05, 4.69) is 15.9 Å². The average Bonchev–Trinajstić information content (AvgIpc) is 2.22. The van der Waals surface area contributed by atoms with Crippen LogP contribution in [0, 0.1) is 28.8 Å². The molecule has 0 saturated heterocycles. The minimum atomic E-state index is -1.37. The van der Waals surface area contributed by atoms with Crippen molar-refractivity contribution in [3.8, 4) is 6.07 Å². The molecule has 7 heteroatoms. The summed E-state index contributed by atoms with van der Waals surface area (Å²) in [7, 11) is 0. The summed E-state index contributed by atoms with van der Waals surface area (Å²) in [5, 5.41) is 10.2. The Hall–Kier alpha value is -1.55. The molecule has 0 radical (unpaired) electrons. The van der Waals surface area contributed by atoms with E-state index in [-0.39, 0.29) is 0 Å². The molecule has 1 N–H and O–H groups in total. The molecule has 3 nitrogen and oxygen atoms in total. The third-order valence-electron chi connectivity index (χ3n) is 1.62. The summed E-state index contributed by atoms with van der Waals surface area (Å²) in [4.78, 5) is 11.0. The Morgan fingerprint density at radius 2 is 2.06 bits per heavy atom. The number of hydrogen-bond acceptors (Lipinski definition) is 2. The maximum Gasteiger partial charge on any atom is 0.238 e. The highest BCUT2D eigenvalue weighted by Crippen LogP contribution is 2.30. The summed E-state index contributed by atoms with van der Waals surface area (Å²) in [5.41, 5.74) is -0.529. The standard InChI is InChI=1S/C9H4BrF3N2O/c10-7-8(13)4(11)3-5(12)9(7)15-6(16)1-2-14/h3H,1H2,(H,15,16). The topological polar surface area (TPSA) is 52.9 Å². The zero-order chi connectivity index (χ0) is 12.3. The molecule has 16 heavy (non-hydrogen) atoms. The summed E-state index contributed by atoms with van der Waals surface area (Å²) >= 11 is 2.61. The number of rotatable bonds is 2. The molecule has 1 amide bonds. The lowest BCUT2D eigenvalue weighted by Crippen LogP contribution is -2.13. The van der Waals surface area contributed by atoms with Gasteiger partial charge in [-0.2, -0.15) is 5.26 Å². The molecular weight excluding hydrogens is 289 g/mol. The molecule has 1 aromatic rings. The van der Waals surface area contributed by atoms with Crippen LogP contribution in [0.3, 0.4) is 0 Å². The lowest BCUT2D eigenvalue weighted by molar-refractivity contribution is -0.115. The third-order valence-corrected chi connectivity index (χ3v) is 2.36. The van der Waals surface area contributed by atoms with E-state index in [0.29, 0.717) is 6.07 Å². The van der Waals surface area contributed by atoms with E-state index in [4.69, 9.17) is 5.26 Å². The molecule has 1 rings (SSSR count). The van der Waals surface area contributed by atoms with Gasteiger partial charge in [-0.25, -0.2) is 13.2 Å². The largest absolute Gasteiger partial charge is 0.322 e. The van der Waals surface area contributed by atoms with Gasteiger partial charge in [-0.05, 0) is 15.9 Å². The second kappa shape index (κ2) is 4.99. The van der Waals surface area contributed by atoms with E-state index < -0.39 is 39.9 Å². The van der Waals surface area contributed by atoms with Gasteiger partial charge in [0.2, 0.25) is 5.91 Å². The SMILES string of the molecule is N#CCC(=O)Nc1c(F)cc(F)c(F)c1Br. The highest BCUT2D eigenvalue weighted by atomic mass is 79.9. The second-order valence-corrected chi connectivity index (χ2v) is 3.52. The Morgan fingerprint density at radius 1 is 1.44 bits per heavy atom. The molecule has 0 aliphatic heterocycles. The minimum Gasteiger partial charge on any atom is -0.322 e. The van der Waals surface area contributed by atoms with Gasteiger partial charge in [0.05, 0.1) is 16.2 Å². The van der Waals surface area contributed by atoms with Gasteiger partial charge in [-0.1, -0.05) is 0 Å². The maximum absolute atomic E-state index is 13.2. The molecule has 0 atom stereocenters. The number of amides is 1. The van der Waals surface area contributed by atoms with Crippen molar-refractivity contribution in [2.75, 3.05) is 5.32 Å². The van der Waals surface area contributed by atoms with Crippen LogP contribution in [0.4, 0.5) is 18.9 Å². The monoisotopic (exact) mass is 292 g/mol. The van der Waals surface area contributed by atoms with Gasteiger partial charge in [0.1, 0.15) is 6.42 Å². The fourth-order valence-corrected chi connectivity index (χ4v) is 1.41. The van der Waals surface area contributed by atoms with Crippen molar-refractivity contribution in [3.05, 3.63) is 28.0 Å². The Kier molecular flexibility index (Phi) is 3.90. The molecular formula is C9H4BrF3N2O. The molecule has 0 aromatic heterocycles. The number of nitriles is 1. The highest BCUT2D eigenvalue weighted by Gasteiger charge is 2.18. The number of nitrogens with zero attached hydrogens (tertiary/aromatic N) is 1. The van der Waals surface area contributed by atoms with Crippen molar-refractivity contribution in [3.63, 3.8) is 0 Å². The Labute approximate surface area is 97.0 Å². The van der Waals surface area contributed by atoms with Gasteiger partial charge >= 0.3 is 0 Å². The van der Waals surface area contributed by atoms with Gasteiger partial charge in [-0.15, -0.1) is 0 Å². The van der Waals surface area contributed by atoms with E-state index >= 15 is 0 Å². The van der Waals surface area contributed by atoms with E-state index in [1.807, 2.05) is 5.32 Å². The Morgan fingerprint density at radius 3 is 2.62 bits per heavy atom. The molecule has 0 aliphatic rings. The van der Waals surface area contributed by atoms with Gasteiger partial charge in [-0.3, -0.25) is 4.79 Å². The average molecular weight is 293 g/mol. The van der Waals surface area contributed by atoms with E-state index in [9.17, 15) is 18.0 Å². The zero-order valence-corrected chi connectivity index (χ0v) is 9.24. The Balaban J connectivity index is 3.11. The van der Waals surface area contributed by atoms with Crippen LogP contribution < -0.4 is 5.32 Å². The number of carbonyl (C=O) groups is 1. The molecule has 0 fully saturated rings. The molecule has 1 aromatic carbocycles. The van der Waals surface area contributed by atoms with Crippen LogP contribution in [0.5, 0.6) is 0 Å². The predicted molar refractivity (Wildman–Crippen MR) is 52.9 cm³/mol. The van der Waals surface area contributed by atoms with Gasteiger partial charge in [0.25, 0.3) is 0 Å². The fourth-order valence-electron chi connectivity index (χ4n) is 0.936. The number of benzene rings is 1. The number of halogens is 4. The first kappa shape index (κ1) is 12.5. The van der Waals surface area contributed by atoms with Crippen LogP contribution in [0.25, 0.3) is 0 Å². The molecule has 0 aliphatic carbocycles. The maximum atomic E-state index is 13.2. The number of hydrogen-bond donors (Lipinski definition) is 1. The van der Waals surface area contributed by atoms with Crippen LogP contribution >= 0.6 is 15.9 Å². The summed E-state index contributed by atoms with van der Waals surface area (Å²) < 4.78 is 38.3. The lowest BCUT2D eigenvalue weighted by atomic mass is 10.2. The van der Waals surface area contributed by atoms with Crippen molar-refractivity contribution >= 4 is 27.5 Å².